The summed E-state index contributed by atoms with van der Waals surface area (Å²) in [5.41, 5.74) is 5.90. The predicted molar refractivity (Wildman–Crippen MR) is 80.2 cm³/mol. The van der Waals surface area contributed by atoms with E-state index in [1.165, 1.54) is 0 Å². The number of piperidine rings is 1. The summed E-state index contributed by atoms with van der Waals surface area (Å²) < 4.78 is 10.5. The summed E-state index contributed by atoms with van der Waals surface area (Å²) in [4.78, 5) is 17.7. The summed E-state index contributed by atoms with van der Waals surface area (Å²) in [6.45, 7) is 5.07. The number of rotatable bonds is 4. The molecule has 2 aliphatic rings. The Morgan fingerprint density at radius 3 is 2.81 bits per heavy atom. The highest BCUT2D eigenvalue weighted by Gasteiger charge is 2.23. The average molecular weight is 298 g/mol. The Kier molecular flexibility index (Phi) is 6.10. The van der Waals surface area contributed by atoms with E-state index in [0.717, 1.165) is 32.3 Å². The molecule has 2 aliphatic heterocycles. The van der Waals surface area contributed by atoms with Gasteiger partial charge in [0.15, 0.2) is 5.96 Å². The van der Waals surface area contributed by atoms with Crippen molar-refractivity contribution in [1.82, 2.24) is 10.2 Å². The van der Waals surface area contributed by atoms with Crippen LogP contribution in [0.1, 0.15) is 32.6 Å². The molecule has 0 aliphatic carbocycles. The minimum absolute atomic E-state index is 0.219. The minimum Gasteiger partial charge on any atom is -0.450 e. The van der Waals surface area contributed by atoms with Crippen LogP contribution in [0.2, 0.25) is 0 Å². The Labute approximate surface area is 125 Å². The normalized spacial score (nSPS) is 24.1. The molecule has 2 rings (SSSR count). The SMILES string of the molecule is CCOC(=O)N1CCC(NC(N)=NC[C@H]2CCCO2)CC1. The molecule has 2 saturated heterocycles. The lowest BCUT2D eigenvalue weighted by molar-refractivity contribution is 0.0963. The lowest BCUT2D eigenvalue weighted by Crippen LogP contribution is -2.48. The molecule has 1 amide bonds. The van der Waals surface area contributed by atoms with Gasteiger partial charge in [0.2, 0.25) is 0 Å². The summed E-state index contributed by atoms with van der Waals surface area (Å²) in [7, 11) is 0. The van der Waals surface area contributed by atoms with Gasteiger partial charge < -0.3 is 25.4 Å². The maximum Gasteiger partial charge on any atom is 0.409 e. The van der Waals surface area contributed by atoms with E-state index in [2.05, 4.69) is 10.3 Å². The zero-order valence-corrected chi connectivity index (χ0v) is 12.7. The standard InChI is InChI=1S/C14H26N4O3/c1-2-20-14(19)18-7-5-11(6-8-18)17-13(15)16-10-12-4-3-9-21-12/h11-12H,2-10H2,1H3,(H3,15,16,17)/t12-/m1/s1. The third-order valence-electron chi connectivity index (χ3n) is 3.86. The maximum atomic E-state index is 11.6. The number of nitrogens with zero attached hydrogens (tertiary/aromatic N) is 2. The van der Waals surface area contributed by atoms with E-state index in [9.17, 15) is 4.79 Å². The fraction of sp³-hybridized carbons (Fsp3) is 0.857. The highest BCUT2D eigenvalue weighted by molar-refractivity contribution is 5.78. The predicted octanol–water partition coefficient (Wildman–Crippen LogP) is 0.691. The number of likely N-dealkylation sites (tertiary alicyclic amines) is 1. The van der Waals surface area contributed by atoms with Gasteiger partial charge in [-0.2, -0.15) is 0 Å². The van der Waals surface area contributed by atoms with Crippen LogP contribution in [-0.4, -0.2) is 61.9 Å². The van der Waals surface area contributed by atoms with Crippen molar-refractivity contribution in [3.05, 3.63) is 0 Å². The van der Waals surface area contributed by atoms with Crippen molar-refractivity contribution in [2.45, 2.75) is 44.8 Å². The van der Waals surface area contributed by atoms with Crippen molar-refractivity contribution in [3.63, 3.8) is 0 Å². The molecule has 7 nitrogen and oxygen atoms in total. The number of amides is 1. The first kappa shape index (κ1) is 15.9. The number of hydrogen-bond acceptors (Lipinski definition) is 4. The Bertz CT molecular complexity index is 361. The molecule has 0 aromatic rings. The van der Waals surface area contributed by atoms with Gasteiger partial charge in [0, 0.05) is 25.7 Å². The first-order valence-corrected chi connectivity index (χ1v) is 7.78. The van der Waals surface area contributed by atoms with Gasteiger partial charge in [0.25, 0.3) is 0 Å². The maximum absolute atomic E-state index is 11.6. The number of guanidine groups is 1. The lowest BCUT2D eigenvalue weighted by atomic mass is 10.1. The van der Waals surface area contributed by atoms with Crippen LogP contribution in [0, 0.1) is 0 Å². The molecule has 21 heavy (non-hydrogen) atoms. The van der Waals surface area contributed by atoms with Crippen LogP contribution in [0.4, 0.5) is 4.79 Å². The molecular formula is C14H26N4O3. The number of hydrogen-bond donors (Lipinski definition) is 2. The van der Waals surface area contributed by atoms with Gasteiger partial charge in [-0.05, 0) is 32.6 Å². The quantitative estimate of drug-likeness (QED) is 0.589. The topological polar surface area (TPSA) is 89.2 Å². The second-order valence-corrected chi connectivity index (χ2v) is 5.47. The molecular weight excluding hydrogens is 272 g/mol. The van der Waals surface area contributed by atoms with Crippen molar-refractivity contribution in [3.8, 4) is 0 Å². The van der Waals surface area contributed by atoms with Gasteiger partial charge in [-0.25, -0.2) is 4.79 Å². The zero-order chi connectivity index (χ0) is 15.1. The van der Waals surface area contributed by atoms with Gasteiger partial charge in [0.05, 0.1) is 19.3 Å². The van der Waals surface area contributed by atoms with Crippen LogP contribution in [-0.2, 0) is 9.47 Å². The van der Waals surface area contributed by atoms with Gasteiger partial charge in [0.1, 0.15) is 0 Å². The van der Waals surface area contributed by atoms with Crippen LogP contribution in [0.15, 0.2) is 4.99 Å². The molecule has 120 valence electrons. The Morgan fingerprint density at radius 1 is 1.43 bits per heavy atom. The summed E-state index contributed by atoms with van der Waals surface area (Å²) in [5.74, 6) is 0.472. The van der Waals surface area contributed by atoms with Gasteiger partial charge >= 0.3 is 6.09 Å². The summed E-state index contributed by atoms with van der Waals surface area (Å²) in [6, 6.07) is 0.268. The summed E-state index contributed by atoms with van der Waals surface area (Å²) in [5, 5.41) is 3.23. The van der Waals surface area contributed by atoms with E-state index in [-0.39, 0.29) is 18.2 Å². The Morgan fingerprint density at radius 2 is 2.19 bits per heavy atom. The molecule has 7 heteroatoms. The molecule has 0 aromatic heterocycles. The molecule has 0 aromatic carbocycles. The summed E-state index contributed by atoms with van der Waals surface area (Å²) in [6.07, 6.45) is 3.88. The van der Waals surface area contributed by atoms with Crippen molar-refractivity contribution in [2.75, 3.05) is 32.8 Å². The highest BCUT2D eigenvalue weighted by atomic mass is 16.6. The molecule has 0 spiro atoms. The first-order chi connectivity index (χ1) is 10.2. The highest BCUT2D eigenvalue weighted by Crippen LogP contribution is 2.13. The Balaban J connectivity index is 1.67. The van der Waals surface area contributed by atoms with Crippen LogP contribution in [0.5, 0.6) is 0 Å². The molecule has 0 bridgehead atoms. The molecule has 0 radical (unpaired) electrons. The third kappa shape index (κ3) is 5.08. The van der Waals surface area contributed by atoms with E-state index in [0.29, 0.717) is 32.2 Å². The van der Waals surface area contributed by atoms with E-state index in [4.69, 9.17) is 15.2 Å². The smallest absolute Gasteiger partial charge is 0.409 e. The van der Waals surface area contributed by atoms with Crippen LogP contribution >= 0.6 is 0 Å². The number of aliphatic imine (C=N–C) groups is 1. The van der Waals surface area contributed by atoms with Crippen molar-refractivity contribution in [2.24, 2.45) is 10.7 Å². The van der Waals surface area contributed by atoms with Crippen molar-refractivity contribution in [1.29, 1.82) is 0 Å². The number of nitrogens with two attached hydrogens (primary N) is 1. The van der Waals surface area contributed by atoms with Crippen LogP contribution < -0.4 is 11.1 Å². The molecule has 2 fully saturated rings. The lowest BCUT2D eigenvalue weighted by Gasteiger charge is -2.31. The van der Waals surface area contributed by atoms with Gasteiger partial charge in [-0.3, -0.25) is 4.99 Å². The zero-order valence-electron chi connectivity index (χ0n) is 12.7. The van der Waals surface area contributed by atoms with Gasteiger partial charge in [-0.1, -0.05) is 0 Å². The van der Waals surface area contributed by atoms with Gasteiger partial charge in [-0.15, -0.1) is 0 Å². The van der Waals surface area contributed by atoms with Crippen molar-refractivity contribution >= 4 is 12.1 Å². The van der Waals surface area contributed by atoms with Crippen LogP contribution in [0.3, 0.4) is 0 Å². The third-order valence-corrected chi connectivity index (χ3v) is 3.86. The van der Waals surface area contributed by atoms with E-state index >= 15 is 0 Å². The fourth-order valence-electron chi connectivity index (χ4n) is 2.66. The van der Waals surface area contributed by atoms with Crippen LogP contribution in [0.25, 0.3) is 0 Å². The van der Waals surface area contributed by atoms with E-state index in [1.54, 1.807) is 4.90 Å². The molecule has 2 heterocycles. The number of nitrogens with one attached hydrogen (secondary N) is 1. The first-order valence-electron chi connectivity index (χ1n) is 7.78. The number of carbonyl (C=O) groups excluding carboxylic acids is 1. The average Bonchev–Trinajstić information content (AvgIpc) is 2.99. The van der Waals surface area contributed by atoms with E-state index in [1.807, 2.05) is 6.92 Å². The number of ether oxygens (including phenoxy) is 2. The fourth-order valence-corrected chi connectivity index (χ4v) is 2.66. The number of carbonyl (C=O) groups is 1. The molecule has 3 N–H and O–H groups in total. The molecule has 1 atom stereocenters. The van der Waals surface area contributed by atoms with E-state index < -0.39 is 0 Å². The largest absolute Gasteiger partial charge is 0.450 e. The monoisotopic (exact) mass is 298 g/mol. The Hall–Kier alpha value is -1.50. The second kappa shape index (κ2) is 8.07. The summed E-state index contributed by atoms with van der Waals surface area (Å²) >= 11 is 0. The second-order valence-electron chi connectivity index (χ2n) is 5.47. The minimum atomic E-state index is -0.226. The molecule has 0 unspecified atom stereocenters. The van der Waals surface area contributed by atoms with Crippen molar-refractivity contribution < 1.29 is 14.3 Å². The molecule has 0 saturated carbocycles.